The van der Waals surface area contributed by atoms with E-state index < -0.39 is 0 Å². The molecule has 0 amide bonds. The predicted molar refractivity (Wildman–Crippen MR) is 82.1 cm³/mol. The Balaban J connectivity index is 3.08. The van der Waals surface area contributed by atoms with Crippen molar-refractivity contribution in [2.45, 2.75) is 98.5 Å². The van der Waals surface area contributed by atoms with Crippen LogP contribution in [-0.2, 0) is 4.74 Å². The molecule has 1 unspecified atom stereocenters. The smallest absolute Gasteiger partial charge is 0.0544 e. The molecule has 0 N–H and O–H groups in total. The summed E-state index contributed by atoms with van der Waals surface area (Å²) in [5.74, 6) is 0. The highest BCUT2D eigenvalue weighted by Gasteiger charge is 2.08. The number of hydrogen-bond donors (Lipinski definition) is 0. The van der Waals surface area contributed by atoms with Gasteiger partial charge in [-0.2, -0.15) is 0 Å². The predicted octanol–water partition coefficient (Wildman–Crippen LogP) is 5.97. The van der Waals surface area contributed by atoms with Crippen molar-refractivity contribution >= 4 is 0 Å². The average Bonchev–Trinajstić information content (AvgIpc) is 2.29. The highest BCUT2D eigenvalue weighted by molar-refractivity contribution is 4.61. The van der Waals surface area contributed by atoms with Crippen LogP contribution in [0.15, 0.2) is 0 Å². The Labute approximate surface area is 116 Å². The third-order valence-corrected chi connectivity index (χ3v) is 3.55. The largest absolute Gasteiger partial charge is 0.379 e. The lowest BCUT2D eigenvalue weighted by atomic mass is 9.89. The molecule has 18 heavy (non-hydrogen) atoms. The van der Waals surface area contributed by atoms with Crippen LogP contribution in [0.4, 0.5) is 0 Å². The van der Waals surface area contributed by atoms with Crippen molar-refractivity contribution in [2.75, 3.05) is 6.61 Å². The number of hydrogen-bond acceptors (Lipinski definition) is 1. The molecule has 0 bridgehead atoms. The molecule has 110 valence electrons. The van der Waals surface area contributed by atoms with Crippen molar-refractivity contribution in [2.24, 2.45) is 5.41 Å². The maximum absolute atomic E-state index is 5.67. The molecule has 0 radical (unpaired) electrons. The van der Waals surface area contributed by atoms with Gasteiger partial charge in [-0.1, -0.05) is 66.2 Å². The van der Waals surface area contributed by atoms with Crippen LogP contribution in [0.1, 0.15) is 92.4 Å². The Morgan fingerprint density at radius 3 is 1.83 bits per heavy atom. The van der Waals surface area contributed by atoms with E-state index in [4.69, 9.17) is 4.74 Å². The lowest BCUT2D eigenvalue weighted by molar-refractivity contribution is 0.0608. The first-order valence-electron chi connectivity index (χ1n) is 8.07. The van der Waals surface area contributed by atoms with E-state index in [-0.39, 0.29) is 0 Å². The molecule has 0 saturated carbocycles. The van der Waals surface area contributed by atoms with Gasteiger partial charge in [-0.3, -0.25) is 0 Å². The minimum absolute atomic E-state index is 0.447. The first-order chi connectivity index (χ1) is 8.45. The van der Waals surface area contributed by atoms with Crippen LogP contribution in [0.2, 0.25) is 0 Å². The van der Waals surface area contributed by atoms with Gasteiger partial charge in [0.25, 0.3) is 0 Å². The van der Waals surface area contributed by atoms with Crippen molar-refractivity contribution < 1.29 is 4.74 Å². The molecule has 1 nitrogen and oxygen atoms in total. The maximum atomic E-state index is 5.67. The summed E-state index contributed by atoms with van der Waals surface area (Å²) in [4.78, 5) is 0. The molecule has 0 heterocycles. The van der Waals surface area contributed by atoms with Gasteiger partial charge >= 0.3 is 0 Å². The van der Waals surface area contributed by atoms with E-state index in [1.165, 1.54) is 51.4 Å². The summed E-state index contributed by atoms with van der Waals surface area (Å²) in [6.45, 7) is 12.3. The monoisotopic (exact) mass is 256 g/mol. The summed E-state index contributed by atoms with van der Waals surface area (Å²) in [6.07, 6.45) is 12.6. The molecule has 0 aromatic rings. The highest BCUT2D eigenvalue weighted by Crippen LogP contribution is 2.22. The first-order valence-corrected chi connectivity index (χ1v) is 8.07. The molecule has 1 atom stereocenters. The van der Waals surface area contributed by atoms with Crippen molar-refractivity contribution in [3.8, 4) is 0 Å². The summed E-state index contributed by atoms with van der Waals surface area (Å²) in [5.41, 5.74) is 0.521. The van der Waals surface area contributed by atoms with Crippen molar-refractivity contribution in [3.05, 3.63) is 0 Å². The molecule has 1 heteroatoms. The fourth-order valence-corrected chi connectivity index (χ4v) is 2.04. The fraction of sp³-hybridized carbons (Fsp3) is 1.00. The lowest BCUT2D eigenvalue weighted by Gasteiger charge is -2.17. The van der Waals surface area contributed by atoms with Crippen LogP contribution in [-0.4, -0.2) is 12.7 Å². The van der Waals surface area contributed by atoms with Crippen LogP contribution >= 0.6 is 0 Å². The lowest BCUT2D eigenvalue weighted by Crippen LogP contribution is -2.07. The van der Waals surface area contributed by atoms with Crippen LogP contribution in [0.3, 0.4) is 0 Å². The van der Waals surface area contributed by atoms with Gasteiger partial charge in [-0.15, -0.1) is 0 Å². The molecule has 0 rings (SSSR count). The summed E-state index contributed by atoms with van der Waals surface area (Å²) in [5, 5.41) is 0. The van der Waals surface area contributed by atoms with E-state index in [2.05, 4.69) is 34.6 Å². The first kappa shape index (κ1) is 18.0. The molecular formula is C17H36O. The Bertz CT molecular complexity index is 169. The van der Waals surface area contributed by atoms with E-state index >= 15 is 0 Å². The van der Waals surface area contributed by atoms with Crippen LogP contribution in [0, 0.1) is 5.41 Å². The van der Waals surface area contributed by atoms with Gasteiger partial charge in [0.05, 0.1) is 6.10 Å². The number of unbranched alkanes of at least 4 members (excludes halogenated alkanes) is 6. The van der Waals surface area contributed by atoms with Gasteiger partial charge in [-0.05, 0) is 31.6 Å². The van der Waals surface area contributed by atoms with Gasteiger partial charge in [0.1, 0.15) is 0 Å². The normalized spacial score (nSPS) is 13.8. The van der Waals surface area contributed by atoms with E-state index in [0.29, 0.717) is 11.5 Å². The highest BCUT2D eigenvalue weighted by atomic mass is 16.5. The number of rotatable bonds is 11. The second kappa shape index (κ2) is 10.8. The van der Waals surface area contributed by atoms with Crippen LogP contribution < -0.4 is 0 Å². The third kappa shape index (κ3) is 14.0. The van der Waals surface area contributed by atoms with Gasteiger partial charge in [0.15, 0.2) is 0 Å². The standard InChI is InChI=1S/C17H36O/c1-6-16(2)18-15-13-11-9-7-8-10-12-14-17(3,4)5/h16H,6-15H2,1-5H3. The van der Waals surface area contributed by atoms with E-state index in [1.54, 1.807) is 0 Å². The second-order valence-electron chi connectivity index (χ2n) is 6.88. The summed E-state index contributed by atoms with van der Waals surface area (Å²) in [7, 11) is 0. The summed E-state index contributed by atoms with van der Waals surface area (Å²) < 4.78 is 5.67. The Morgan fingerprint density at radius 2 is 1.33 bits per heavy atom. The van der Waals surface area contributed by atoms with E-state index in [0.717, 1.165) is 13.0 Å². The molecule has 0 aliphatic heterocycles. The zero-order valence-corrected chi connectivity index (χ0v) is 13.6. The Hall–Kier alpha value is -0.0400. The molecule has 0 saturated heterocycles. The quantitative estimate of drug-likeness (QED) is 0.414. The SMILES string of the molecule is CCC(C)OCCCCCCCCCC(C)(C)C. The molecule has 0 aromatic carbocycles. The van der Waals surface area contributed by atoms with Crippen LogP contribution in [0.25, 0.3) is 0 Å². The minimum atomic E-state index is 0.447. The molecule has 0 aliphatic rings. The zero-order chi connectivity index (χ0) is 13.9. The van der Waals surface area contributed by atoms with Gasteiger partial charge < -0.3 is 4.74 Å². The van der Waals surface area contributed by atoms with Gasteiger partial charge in [0, 0.05) is 6.61 Å². The van der Waals surface area contributed by atoms with Crippen molar-refractivity contribution in [1.29, 1.82) is 0 Å². The zero-order valence-electron chi connectivity index (χ0n) is 13.6. The Kier molecular flexibility index (Phi) is 10.8. The Morgan fingerprint density at radius 1 is 0.833 bits per heavy atom. The molecular weight excluding hydrogens is 220 g/mol. The molecule has 0 aliphatic carbocycles. The molecule has 0 aromatic heterocycles. The summed E-state index contributed by atoms with van der Waals surface area (Å²) >= 11 is 0. The van der Waals surface area contributed by atoms with Gasteiger partial charge in [0.2, 0.25) is 0 Å². The topological polar surface area (TPSA) is 9.23 Å². The molecule has 0 fully saturated rings. The minimum Gasteiger partial charge on any atom is -0.379 e. The second-order valence-corrected chi connectivity index (χ2v) is 6.88. The van der Waals surface area contributed by atoms with Crippen LogP contribution in [0.5, 0.6) is 0 Å². The van der Waals surface area contributed by atoms with Crippen molar-refractivity contribution in [1.82, 2.24) is 0 Å². The average molecular weight is 256 g/mol. The fourth-order valence-electron chi connectivity index (χ4n) is 2.04. The maximum Gasteiger partial charge on any atom is 0.0544 e. The van der Waals surface area contributed by atoms with E-state index in [9.17, 15) is 0 Å². The third-order valence-electron chi connectivity index (χ3n) is 3.55. The van der Waals surface area contributed by atoms with Crippen molar-refractivity contribution in [3.63, 3.8) is 0 Å². The summed E-state index contributed by atoms with van der Waals surface area (Å²) in [6, 6.07) is 0. The molecule has 0 spiro atoms. The van der Waals surface area contributed by atoms with E-state index in [1.807, 2.05) is 0 Å². The van der Waals surface area contributed by atoms with Gasteiger partial charge in [-0.25, -0.2) is 0 Å². The number of ether oxygens (including phenoxy) is 1.